The molecule has 3 unspecified atom stereocenters. The summed E-state index contributed by atoms with van der Waals surface area (Å²) in [5, 5.41) is 2.70. The molecule has 0 spiro atoms. The second-order valence-electron chi connectivity index (χ2n) is 3.19. The summed E-state index contributed by atoms with van der Waals surface area (Å²) in [5.74, 6) is -0.239. The number of hydrogen-bond donors (Lipinski definition) is 2. The van der Waals surface area contributed by atoms with E-state index in [1.54, 1.807) is 13.2 Å². The van der Waals surface area contributed by atoms with E-state index in [2.05, 4.69) is 5.32 Å². The number of amides is 1. The fraction of sp³-hybridized carbons (Fsp3) is 0.875. The lowest BCUT2D eigenvalue weighted by Crippen LogP contribution is -2.38. The summed E-state index contributed by atoms with van der Waals surface area (Å²) in [7, 11) is -0.888. The van der Waals surface area contributed by atoms with Gasteiger partial charge in [-0.25, -0.2) is 0 Å². The summed E-state index contributed by atoms with van der Waals surface area (Å²) in [4.78, 5) is 11.2. The Bertz CT molecular complexity index is 197. The lowest BCUT2D eigenvalue weighted by molar-refractivity contribution is -0.124. The van der Waals surface area contributed by atoms with Gasteiger partial charge in [-0.15, -0.1) is 0 Å². The van der Waals surface area contributed by atoms with Crippen LogP contribution in [0.2, 0.25) is 0 Å². The summed E-state index contributed by atoms with van der Waals surface area (Å²) in [5.41, 5.74) is 5.32. The van der Waals surface area contributed by atoms with Gasteiger partial charge >= 0.3 is 0 Å². The Morgan fingerprint density at radius 3 is 2.46 bits per heavy atom. The molecule has 0 aliphatic rings. The van der Waals surface area contributed by atoms with Crippen molar-refractivity contribution >= 4 is 16.7 Å². The van der Waals surface area contributed by atoms with Crippen molar-refractivity contribution in [2.45, 2.75) is 19.1 Å². The van der Waals surface area contributed by atoms with Gasteiger partial charge in [0, 0.05) is 41.3 Å². The topological polar surface area (TPSA) is 72.2 Å². The van der Waals surface area contributed by atoms with Crippen LogP contribution in [0.5, 0.6) is 0 Å². The first-order valence-corrected chi connectivity index (χ1v) is 5.91. The molecule has 1 amide bonds. The molecule has 0 saturated heterocycles. The maximum atomic E-state index is 11.2. The van der Waals surface area contributed by atoms with Crippen molar-refractivity contribution in [1.82, 2.24) is 5.32 Å². The van der Waals surface area contributed by atoms with Gasteiger partial charge in [0.05, 0.1) is 0 Å². The number of carbonyl (C=O) groups excluding carboxylic acids is 1. The average Bonchev–Trinajstić information content (AvgIpc) is 2.11. The van der Waals surface area contributed by atoms with Crippen LogP contribution in [0.1, 0.15) is 13.8 Å². The highest BCUT2D eigenvalue weighted by Gasteiger charge is 2.12. The van der Waals surface area contributed by atoms with Crippen molar-refractivity contribution < 1.29 is 9.00 Å². The third-order valence-electron chi connectivity index (χ3n) is 1.93. The number of carbonyl (C=O) groups is 1. The monoisotopic (exact) mass is 206 g/mol. The molecule has 0 heterocycles. The molecule has 0 aromatic rings. The molecule has 3 N–H and O–H groups in total. The van der Waals surface area contributed by atoms with Crippen LogP contribution in [0.4, 0.5) is 0 Å². The van der Waals surface area contributed by atoms with Crippen LogP contribution in [0.15, 0.2) is 0 Å². The average molecular weight is 206 g/mol. The van der Waals surface area contributed by atoms with Crippen molar-refractivity contribution in [3.8, 4) is 0 Å². The molecular weight excluding hydrogens is 188 g/mol. The summed E-state index contributed by atoms with van der Waals surface area (Å²) in [6.07, 6.45) is 1.63. The first kappa shape index (κ1) is 12.6. The van der Waals surface area contributed by atoms with Gasteiger partial charge in [-0.3, -0.25) is 9.00 Å². The SMILES string of the molecule is CC(CN)C(=O)NCC(C)S(C)=O. The Morgan fingerprint density at radius 2 is 2.08 bits per heavy atom. The van der Waals surface area contributed by atoms with E-state index in [0.29, 0.717) is 13.1 Å². The fourth-order valence-corrected chi connectivity index (χ4v) is 0.961. The highest BCUT2D eigenvalue weighted by Crippen LogP contribution is 1.93. The minimum Gasteiger partial charge on any atom is -0.355 e. The number of rotatable bonds is 5. The van der Waals surface area contributed by atoms with Gasteiger partial charge in [0.25, 0.3) is 0 Å². The van der Waals surface area contributed by atoms with Gasteiger partial charge in [0.2, 0.25) is 5.91 Å². The number of hydrogen-bond acceptors (Lipinski definition) is 3. The summed E-state index contributed by atoms with van der Waals surface area (Å²) in [6.45, 7) is 4.40. The zero-order chi connectivity index (χ0) is 10.4. The van der Waals surface area contributed by atoms with E-state index in [-0.39, 0.29) is 17.1 Å². The van der Waals surface area contributed by atoms with Crippen LogP contribution in [-0.2, 0) is 15.6 Å². The molecule has 78 valence electrons. The van der Waals surface area contributed by atoms with Gasteiger partial charge in [0.1, 0.15) is 0 Å². The molecule has 5 heteroatoms. The van der Waals surface area contributed by atoms with Crippen LogP contribution in [0.3, 0.4) is 0 Å². The third kappa shape index (κ3) is 5.00. The maximum absolute atomic E-state index is 11.2. The molecule has 0 saturated carbocycles. The molecule has 0 aromatic heterocycles. The highest BCUT2D eigenvalue weighted by molar-refractivity contribution is 7.84. The molecule has 3 atom stereocenters. The molecule has 0 aliphatic carbocycles. The minimum atomic E-state index is -0.888. The predicted molar refractivity (Wildman–Crippen MR) is 54.8 cm³/mol. The smallest absolute Gasteiger partial charge is 0.224 e. The Hall–Kier alpha value is -0.420. The van der Waals surface area contributed by atoms with Gasteiger partial charge < -0.3 is 11.1 Å². The standard InChI is InChI=1S/C8H18N2O2S/c1-6(4-9)8(11)10-5-7(2)13(3)12/h6-7H,4-5,9H2,1-3H3,(H,10,11). The second kappa shape index (κ2) is 6.10. The van der Waals surface area contributed by atoms with E-state index < -0.39 is 10.8 Å². The molecule has 0 aliphatic heterocycles. The molecule has 13 heavy (non-hydrogen) atoms. The van der Waals surface area contributed by atoms with Crippen LogP contribution in [0.25, 0.3) is 0 Å². The van der Waals surface area contributed by atoms with Crippen LogP contribution in [0, 0.1) is 5.92 Å². The zero-order valence-electron chi connectivity index (χ0n) is 8.37. The number of nitrogens with one attached hydrogen (secondary N) is 1. The third-order valence-corrected chi connectivity index (χ3v) is 3.23. The summed E-state index contributed by atoms with van der Waals surface area (Å²) in [6, 6.07) is 0. The maximum Gasteiger partial charge on any atom is 0.224 e. The van der Waals surface area contributed by atoms with E-state index >= 15 is 0 Å². The van der Waals surface area contributed by atoms with Crippen molar-refractivity contribution in [1.29, 1.82) is 0 Å². The van der Waals surface area contributed by atoms with Gasteiger partial charge in [-0.05, 0) is 6.92 Å². The lowest BCUT2D eigenvalue weighted by atomic mass is 10.2. The Balaban J connectivity index is 3.76. The fourth-order valence-electron chi connectivity index (χ4n) is 0.643. The summed E-state index contributed by atoms with van der Waals surface area (Å²) >= 11 is 0. The van der Waals surface area contributed by atoms with Gasteiger partial charge in [-0.2, -0.15) is 0 Å². The van der Waals surface area contributed by atoms with E-state index in [4.69, 9.17) is 5.73 Å². The molecule has 0 radical (unpaired) electrons. The van der Waals surface area contributed by atoms with Gasteiger partial charge in [0.15, 0.2) is 0 Å². The molecule has 0 bridgehead atoms. The highest BCUT2D eigenvalue weighted by atomic mass is 32.2. The van der Waals surface area contributed by atoms with Crippen molar-refractivity contribution in [2.75, 3.05) is 19.3 Å². The van der Waals surface area contributed by atoms with Crippen LogP contribution < -0.4 is 11.1 Å². The predicted octanol–water partition coefficient (Wildman–Crippen LogP) is -0.536. The first-order chi connectivity index (χ1) is 5.99. The van der Waals surface area contributed by atoms with Crippen LogP contribution in [-0.4, -0.2) is 34.7 Å². The molecule has 4 nitrogen and oxygen atoms in total. The van der Waals surface area contributed by atoms with Crippen molar-refractivity contribution in [3.05, 3.63) is 0 Å². The minimum absolute atomic E-state index is 0.00563. The molecule has 0 aromatic carbocycles. The Kier molecular flexibility index (Phi) is 5.90. The number of nitrogens with two attached hydrogens (primary N) is 1. The Morgan fingerprint density at radius 1 is 1.54 bits per heavy atom. The van der Waals surface area contributed by atoms with Crippen molar-refractivity contribution in [2.24, 2.45) is 11.7 Å². The quantitative estimate of drug-likeness (QED) is 0.635. The Labute approximate surface area is 81.7 Å². The molecular formula is C8H18N2O2S. The van der Waals surface area contributed by atoms with E-state index in [1.165, 1.54) is 0 Å². The second-order valence-corrected chi connectivity index (χ2v) is 4.99. The molecule has 0 rings (SSSR count). The summed E-state index contributed by atoms with van der Waals surface area (Å²) < 4.78 is 10.9. The zero-order valence-corrected chi connectivity index (χ0v) is 9.19. The molecule has 0 fully saturated rings. The van der Waals surface area contributed by atoms with E-state index in [1.807, 2.05) is 6.92 Å². The van der Waals surface area contributed by atoms with Gasteiger partial charge in [-0.1, -0.05) is 6.92 Å². The first-order valence-electron chi connectivity index (χ1n) is 4.29. The largest absolute Gasteiger partial charge is 0.355 e. The van der Waals surface area contributed by atoms with E-state index in [0.717, 1.165) is 0 Å². The van der Waals surface area contributed by atoms with Crippen molar-refractivity contribution in [3.63, 3.8) is 0 Å². The van der Waals surface area contributed by atoms with Crippen LogP contribution >= 0.6 is 0 Å². The lowest BCUT2D eigenvalue weighted by Gasteiger charge is -2.12. The normalized spacial score (nSPS) is 17.5. The van der Waals surface area contributed by atoms with E-state index in [9.17, 15) is 9.00 Å².